The summed E-state index contributed by atoms with van der Waals surface area (Å²) in [4.78, 5) is 15.8. The average molecular weight is 223 g/mol. The monoisotopic (exact) mass is 223 g/mol. The van der Waals surface area contributed by atoms with Gasteiger partial charge in [-0.05, 0) is 39.3 Å². The van der Waals surface area contributed by atoms with Crippen molar-refractivity contribution in [1.29, 1.82) is 0 Å². The van der Waals surface area contributed by atoms with Crippen molar-refractivity contribution in [2.24, 2.45) is 0 Å². The van der Waals surface area contributed by atoms with Gasteiger partial charge < -0.3 is 15.1 Å². The summed E-state index contributed by atoms with van der Waals surface area (Å²) in [6, 6.07) is 0.243. The van der Waals surface area contributed by atoms with Crippen LogP contribution in [0.15, 0.2) is 10.8 Å². The highest BCUT2D eigenvalue weighted by Gasteiger charge is 2.19. The number of nitrogens with one attached hydrogen (secondary N) is 2. The minimum atomic E-state index is -0.151. The molecule has 1 unspecified atom stereocenters. The molecule has 5 heteroatoms. The van der Waals surface area contributed by atoms with E-state index in [1.807, 2.05) is 0 Å². The summed E-state index contributed by atoms with van der Waals surface area (Å²) in [6.07, 6.45) is 4.39. The molecule has 1 aliphatic rings. The first kappa shape index (κ1) is 11.1. The Labute approximate surface area is 94.6 Å². The molecule has 2 rings (SSSR count). The van der Waals surface area contributed by atoms with Crippen LogP contribution >= 0.6 is 0 Å². The third-order valence-electron chi connectivity index (χ3n) is 2.86. The van der Waals surface area contributed by atoms with Crippen LogP contribution in [0.3, 0.4) is 0 Å². The van der Waals surface area contributed by atoms with E-state index in [1.165, 1.54) is 6.39 Å². The topological polar surface area (TPSA) is 67.2 Å². The summed E-state index contributed by atoms with van der Waals surface area (Å²) in [7, 11) is 0. The van der Waals surface area contributed by atoms with Crippen molar-refractivity contribution in [2.75, 3.05) is 13.1 Å². The van der Waals surface area contributed by atoms with Gasteiger partial charge in [0.05, 0.1) is 5.69 Å². The SMILES string of the molecule is Cc1ncoc1C(=O)NC1CCCNCC1. The highest BCUT2D eigenvalue weighted by atomic mass is 16.3. The second-order valence-electron chi connectivity index (χ2n) is 4.12. The molecule has 0 spiro atoms. The number of carbonyl (C=O) groups excluding carboxylic acids is 1. The van der Waals surface area contributed by atoms with Gasteiger partial charge in [-0.1, -0.05) is 0 Å². The molecule has 1 fully saturated rings. The standard InChI is InChI=1S/C11H17N3O2/c1-8-10(16-7-13-8)11(15)14-9-3-2-5-12-6-4-9/h7,9,12H,2-6H2,1H3,(H,14,15). The molecule has 0 aromatic carbocycles. The van der Waals surface area contributed by atoms with Crippen LogP contribution in [-0.4, -0.2) is 30.0 Å². The fourth-order valence-electron chi connectivity index (χ4n) is 1.93. The van der Waals surface area contributed by atoms with Crippen LogP contribution in [0.2, 0.25) is 0 Å². The van der Waals surface area contributed by atoms with E-state index in [4.69, 9.17) is 4.42 Å². The second-order valence-corrected chi connectivity index (χ2v) is 4.12. The summed E-state index contributed by atoms with van der Waals surface area (Å²) in [5.74, 6) is 0.180. The molecule has 0 saturated carbocycles. The first-order chi connectivity index (χ1) is 7.77. The molecule has 1 aromatic heterocycles. The van der Waals surface area contributed by atoms with Crippen molar-refractivity contribution < 1.29 is 9.21 Å². The molecule has 2 heterocycles. The molecule has 1 aromatic rings. The van der Waals surface area contributed by atoms with E-state index in [-0.39, 0.29) is 11.9 Å². The molecule has 1 amide bonds. The molecule has 16 heavy (non-hydrogen) atoms. The maximum Gasteiger partial charge on any atom is 0.289 e. The quantitative estimate of drug-likeness (QED) is 0.780. The molecule has 0 aliphatic carbocycles. The van der Waals surface area contributed by atoms with Crippen molar-refractivity contribution >= 4 is 5.91 Å². The Kier molecular flexibility index (Phi) is 3.56. The molecule has 1 atom stereocenters. The average Bonchev–Trinajstić information content (AvgIpc) is 2.53. The molecular weight excluding hydrogens is 206 g/mol. The molecule has 2 N–H and O–H groups in total. The Hall–Kier alpha value is -1.36. The van der Waals surface area contributed by atoms with Gasteiger partial charge >= 0.3 is 0 Å². The van der Waals surface area contributed by atoms with Crippen molar-refractivity contribution in [3.05, 3.63) is 17.8 Å². The van der Waals surface area contributed by atoms with Gasteiger partial charge in [-0.15, -0.1) is 0 Å². The van der Waals surface area contributed by atoms with E-state index in [2.05, 4.69) is 15.6 Å². The largest absolute Gasteiger partial charge is 0.438 e. The Bertz CT molecular complexity index is 354. The summed E-state index contributed by atoms with van der Waals surface area (Å²) >= 11 is 0. The zero-order valence-corrected chi connectivity index (χ0v) is 9.45. The van der Waals surface area contributed by atoms with Crippen LogP contribution in [0.1, 0.15) is 35.5 Å². The summed E-state index contributed by atoms with van der Waals surface area (Å²) in [5.41, 5.74) is 0.643. The van der Waals surface area contributed by atoms with E-state index < -0.39 is 0 Å². The van der Waals surface area contributed by atoms with Crippen LogP contribution in [0.4, 0.5) is 0 Å². The van der Waals surface area contributed by atoms with Crippen molar-refractivity contribution in [1.82, 2.24) is 15.6 Å². The van der Waals surface area contributed by atoms with E-state index in [0.717, 1.165) is 32.4 Å². The Morgan fingerprint density at radius 3 is 3.19 bits per heavy atom. The van der Waals surface area contributed by atoms with Gasteiger partial charge in [-0.2, -0.15) is 0 Å². The Morgan fingerprint density at radius 1 is 1.56 bits per heavy atom. The van der Waals surface area contributed by atoms with Gasteiger partial charge in [-0.3, -0.25) is 4.79 Å². The number of rotatable bonds is 2. The van der Waals surface area contributed by atoms with Gasteiger partial charge in [0.15, 0.2) is 6.39 Å². The normalized spacial score (nSPS) is 21.4. The van der Waals surface area contributed by atoms with Gasteiger partial charge in [0.2, 0.25) is 5.76 Å². The lowest BCUT2D eigenvalue weighted by atomic mass is 10.1. The number of hydrogen-bond donors (Lipinski definition) is 2. The number of carbonyl (C=O) groups is 1. The van der Waals surface area contributed by atoms with E-state index in [0.29, 0.717) is 11.5 Å². The third-order valence-corrected chi connectivity index (χ3v) is 2.86. The van der Waals surface area contributed by atoms with E-state index >= 15 is 0 Å². The number of aryl methyl sites for hydroxylation is 1. The molecule has 1 aliphatic heterocycles. The summed E-state index contributed by atoms with van der Waals surface area (Å²) in [6.45, 7) is 3.76. The van der Waals surface area contributed by atoms with Crippen molar-refractivity contribution in [2.45, 2.75) is 32.2 Å². The number of aromatic nitrogens is 1. The van der Waals surface area contributed by atoms with Crippen molar-refractivity contribution in [3.63, 3.8) is 0 Å². The van der Waals surface area contributed by atoms with Gasteiger partial charge in [-0.25, -0.2) is 4.98 Å². The van der Waals surface area contributed by atoms with Gasteiger partial charge in [0, 0.05) is 6.04 Å². The molecular formula is C11H17N3O2. The molecule has 0 bridgehead atoms. The van der Waals surface area contributed by atoms with Gasteiger partial charge in [0.1, 0.15) is 0 Å². The van der Waals surface area contributed by atoms with Crippen LogP contribution in [-0.2, 0) is 0 Å². The lowest BCUT2D eigenvalue weighted by molar-refractivity contribution is 0.0905. The smallest absolute Gasteiger partial charge is 0.289 e. The number of oxazole rings is 1. The van der Waals surface area contributed by atoms with Gasteiger partial charge in [0.25, 0.3) is 5.91 Å². The number of amides is 1. The van der Waals surface area contributed by atoms with Crippen LogP contribution in [0, 0.1) is 6.92 Å². The zero-order chi connectivity index (χ0) is 11.4. The first-order valence-corrected chi connectivity index (χ1v) is 5.69. The maximum absolute atomic E-state index is 11.8. The molecule has 88 valence electrons. The van der Waals surface area contributed by atoms with Crippen LogP contribution < -0.4 is 10.6 Å². The number of nitrogens with zero attached hydrogens (tertiary/aromatic N) is 1. The second kappa shape index (κ2) is 5.12. The fraction of sp³-hybridized carbons (Fsp3) is 0.636. The van der Waals surface area contributed by atoms with Crippen LogP contribution in [0.5, 0.6) is 0 Å². The predicted molar refractivity (Wildman–Crippen MR) is 59.2 cm³/mol. The van der Waals surface area contributed by atoms with E-state index in [9.17, 15) is 4.79 Å². The summed E-state index contributed by atoms with van der Waals surface area (Å²) < 4.78 is 5.06. The Morgan fingerprint density at radius 2 is 2.44 bits per heavy atom. The zero-order valence-electron chi connectivity index (χ0n) is 9.45. The minimum Gasteiger partial charge on any atom is -0.438 e. The third kappa shape index (κ3) is 2.61. The highest BCUT2D eigenvalue weighted by Crippen LogP contribution is 2.09. The molecule has 0 radical (unpaired) electrons. The Balaban J connectivity index is 1.93. The molecule has 1 saturated heterocycles. The summed E-state index contributed by atoms with van der Waals surface area (Å²) in [5, 5.41) is 6.30. The van der Waals surface area contributed by atoms with Crippen LogP contribution in [0.25, 0.3) is 0 Å². The highest BCUT2D eigenvalue weighted by molar-refractivity contribution is 5.92. The minimum absolute atomic E-state index is 0.151. The molecule has 5 nitrogen and oxygen atoms in total. The fourth-order valence-corrected chi connectivity index (χ4v) is 1.93. The predicted octanol–water partition coefficient (Wildman–Crippen LogP) is 0.855. The van der Waals surface area contributed by atoms with Crippen molar-refractivity contribution in [3.8, 4) is 0 Å². The first-order valence-electron chi connectivity index (χ1n) is 5.69. The lowest BCUT2D eigenvalue weighted by Gasteiger charge is -2.14. The van der Waals surface area contributed by atoms with E-state index in [1.54, 1.807) is 6.92 Å². The lowest BCUT2D eigenvalue weighted by Crippen LogP contribution is -2.35. The maximum atomic E-state index is 11.8. The number of hydrogen-bond acceptors (Lipinski definition) is 4.